The summed E-state index contributed by atoms with van der Waals surface area (Å²) in [5.74, 6) is -2.86. The van der Waals surface area contributed by atoms with E-state index >= 15 is 0 Å². The Morgan fingerprint density at radius 1 is 1.05 bits per heavy atom. The van der Waals surface area contributed by atoms with Crippen LogP contribution < -0.4 is 0 Å². The van der Waals surface area contributed by atoms with E-state index < -0.39 is 41.1 Å². The predicted octanol–water partition coefficient (Wildman–Crippen LogP) is 3.43. The van der Waals surface area contributed by atoms with Gasteiger partial charge < -0.3 is 24.4 Å². The Morgan fingerprint density at radius 2 is 1.82 bits per heavy atom. The van der Waals surface area contributed by atoms with Gasteiger partial charge in [0.1, 0.15) is 23.2 Å². The maximum atomic E-state index is 14.6. The average molecular weight is 551 g/mol. The van der Waals surface area contributed by atoms with E-state index in [4.69, 9.17) is 9.47 Å². The molecule has 4 heterocycles. The van der Waals surface area contributed by atoms with Gasteiger partial charge in [-0.15, -0.1) is 0 Å². The molecule has 1 N–H and O–H groups in total. The summed E-state index contributed by atoms with van der Waals surface area (Å²) in [4.78, 5) is 46.3. The number of fused-ring (bicyclic) bond motifs is 2. The van der Waals surface area contributed by atoms with Crippen LogP contribution in [0.2, 0.25) is 0 Å². The number of esters is 1. The number of hydrogen-bond donors (Lipinski definition) is 1. The molecule has 2 saturated heterocycles. The van der Waals surface area contributed by atoms with Gasteiger partial charge in [-0.3, -0.25) is 14.4 Å². The van der Waals surface area contributed by atoms with Crippen LogP contribution in [0.25, 0.3) is 0 Å². The summed E-state index contributed by atoms with van der Waals surface area (Å²) >= 11 is 0. The number of aliphatic hydroxyl groups excluding tert-OH is 1. The second-order valence-electron chi connectivity index (χ2n) is 11.6. The van der Waals surface area contributed by atoms with E-state index in [9.17, 15) is 19.5 Å². The number of aliphatic hydroxyl groups is 1. The van der Waals surface area contributed by atoms with Crippen molar-refractivity contribution in [2.45, 2.75) is 88.6 Å². The molecule has 1 aromatic rings. The largest absolute Gasteiger partial charge is 0.465 e. The number of allylic oxidation sites excluding steroid dienone is 1. The lowest BCUT2D eigenvalue weighted by atomic mass is 9.73. The molecule has 2 fully saturated rings. The fraction of sp³-hybridized carbons (Fsp3) is 0.594. The lowest BCUT2D eigenvalue weighted by molar-refractivity contribution is -0.163. The van der Waals surface area contributed by atoms with E-state index in [0.29, 0.717) is 25.8 Å². The number of nitrogens with zero attached hydrogens (tertiary/aromatic N) is 2. The van der Waals surface area contributed by atoms with Crippen LogP contribution >= 0.6 is 0 Å². The molecule has 0 aromatic heterocycles. The zero-order valence-corrected chi connectivity index (χ0v) is 23.8. The molecule has 1 spiro atoms. The van der Waals surface area contributed by atoms with Gasteiger partial charge in [-0.25, -0.2) is 0 Å². The standard InChI is InChI=1S/C32H42N2O6/c1-4-13-22(3)33-18-12-17-32-25(26-30(38)39-19-11-7-10-16-31(26,5-2)40-32)28(36)34(27(32)29(33)37)24(21-35)20-23-14-8-6-9-15-23/h6,8-10,12,14-17,22,24-27,35H,4-5,7,11,13,18-21H2,1-3H3/b16-10-/t22?,24-,25+,26+,27?,31-,32+/m1/s1. The average Bonchev–Trinajstić information content (AvgIpc) is 3.34. The normalized spacial score (nSPS) is 34.1. The molecule has 0 aliphatic carbocycles. The Bertz CT molecular complexity index is 1170. The van der Waals surface area contributed by atoms with Crippen molar-refractivity contribution in [2.75, 3.05) is 19.8 Å². The topological polar surface area (TPSA) is 96.4 Å². The Kier molecular flexibility index (Phi) is 8.20. The van der Waals surface area contributed by atoms with E-state index in [1.807, 2.05) is 73.4 Å². The Morgan fingerprint density at radius 3 is 2.52 bits per heavy atom. The highest BCUT2D eigenvalue weighted by molar-refractivity contribution is 5.99. The van der Waals surface area contributed by atoms with Gasteiger partial charge in [-0.1, -0.05) is 74.9 Å². The first-order chi connectivity index (χ1) is 19.3. The van der Waals surface area contributed by atoms with E-state index in [-0.39, 0.29) is 31.1 Å². The molecule has 0 radical (unpaired) electrons. The second-order valence-corrected chi connectivity index (χ2v) is 11.6. The summed E-state index contributed by atoms with van der Waals surface area (Å²) in [6, 6.07) is 7.92. The minimum absolute atomic E-state index is 0.0430. The first-order valence-corrected chi connectivity index (χ1v) is 14.8. The van der Waals surface area contributed by atoms with Gasteiger partial charge in [0.25, 0.3) is 0 Å². The predicted molar refractivity (Wildman–Crippen MR) is 150 cm³/mol. The van der Waals surface area contributed by atoms with E-state index in [1.54, 1.807) is 4.90 Å². The zero-order chi connectivity index (χ0) is 28.5. The summed E-state index contributed by atoms with van der Waals surface area (Å²) in [6.07, 6.45) is 11.7. The third-order valence-corrected chi connectivity index (χ3v) is 9.26. The molecule has 8 heteroatoms. The molecule has 2 unspecified atom stereocenters. The number of benzene rings is 1. The molecule has 8 nitrogen and oxygen atoms in total. The van der Waals surface area contributed by atoms with Crippen molar-refractivity contribution in [2.24, 2.45) is 11.8 Å². The Balaban J connectivity index is 1.66. The van der Waals surface area contributed by atoms with Crippen LogP contribution in [-0.2, 0) is 30.3 Å². The minimum Gasteiger partial charge on any atom is -0.465 e. The lowest BCUT2D eigenvalue weighted by Crippen LogP contribution is -2.60. The van der Waals surface area contributed by atoms with Gasteiger partial charge in [0.05, 0.1) is 25.2 Å². The maximum Gasteiger partial charge on any atom is 0.313 e. The summed E-state index contributed by atoms with van der Waals surface area (Å²) in [7, 11) is 0. The van der Waals surface area contributed by atoms with Gasteiger partial charge in [-0.05, 0) is 44.6 Å². The van der Waals surface area contributed by atoms with Crippen LogP contribution in [0.5, 0.6) is 0 Å². The van der Waals surface area contributed by atoms with Crippen molar-refractivity contribution in [1.82, 2.24) is 9.80 Å². The van der Waals surface area contributed by atoms with Crippen molar-refractivity contribution in [3.8, 4) is 0 Å². The monoisotopic (exact) mass is 550 g/mol. The molecular formula is C32H42N2O6. The third-order valence-electron chi connectivity index (χ3n) is 9.26. The molecule has 0 saturated carbocycles. The second kappa shape index (κ2) is 11.5. The number of carbonyl (C=O) groups excluding carboxylic acids is 3. The fourth-order valence-electron chi connectivity index (χ4n) is 7.33. The number of hydrogen-bond acceptors (Lipinski definition) is 6. The van der Waals surface area contributed by atoms with Crippen LogP contribution in [-0.4, -0.2) is 81.8 Å². The molecule has 7 atom stereocenters. The zero-order valence-electron chi connectivity index (χ0n) is 23.8. The van der Waals surface area contributed by atoms with Crippen LogP contribution in [0.3, 0.4) is 0 Å². The van der Waals surface area contributed by atoms with Gasteiger partial charge in [0.2, 0.25) is 11.8 Å². The Hall–Kier alpha value is -2.97. The van der Waals surface area contributed by atoms with Gasteiger partial charge in [0.15, 0.2) is 0 Å². The molecule has 4 aliphatic heterocycles. The third kappa shape index (κ3) is 4.59. The summed E-state index contributed by atoms with van der Waals surface area (Å²) in [6.45, 7) is 6.39. The van der Waals surface area contributed by atoms with Crippen LogP contribution in [0.4, 0.5) is 0 Å². The number of rotatable bonds is 8. The minimum atomic E-state index is -1.36. The molecule has 216 valence electrons. The highest BCUT2D eigenvalue weighted by Crippen LogP contribution is 2.58. The number of likely N-dealkylation sites (tertiary alicyclic amines) is 1. The summed E-state index contributed by atoms with van der Waals surface area (Å²) in [5.41, 5.74) is -1.49. The Labute approximate surface area is 237 Å². The number of amides is 2. The number of cyclic esters (lactones) is 1. The van der Waals surface area contributed by atoms with Crippen LogP contribution in [0.15, 0.2) is 54.6 Å². The van der Waals surface area contributed by atoms with Crippen molar-refractivity contribution in [3.05, 3.63) is 60.2 Å². The molecular weight excluding hydrogens is 508 g/mol. The highest BCUT2D eigenvalue weighted by atomic mass is 16.6. The first kappa shape index (κ1) is 28.6. The van der Waals surface area contributed by atoms with Gasteiger partial charge >= 0.3 is 5.97 Å². The maximum absolute atomic E-state index is 14.6. The van der Waals surface area contributed by atoms with Crippen molar-refractivity contribution >= 4 is 17.8 Å². The first-order valence-electron chi connectivity index (χ1n) is 14.8. The molecule has 0 bridgehead atoms. The van der Waals surface area contributed by atoms with Crippen LogP contribution in [0.1, 0.15) is 58.4 Å². The summed E-state index contributed by atoms with van der Waals surface area (Å²) < 4.78 is 12.7. The lowest BCUT2D eigenvalue weighted by Gasteiger charge is -2.41. The fourth-order valence-corrected chi connectivity index (χ4v) is 7.33. The van der Waals surface area contributed by atoms with Gasteiger partial charge in [-0.2, -0.15) is 0 Å². The number of carbonyl (C=O) groups is 3. The molecule has 1 aromatic carbocycles. The quantitative estimate of drug-likeness (QED) is 0.394. The van der Waals surface area contributed by atoms with Gasteiger partial charge in [0, 0.05) is 12.6 Å². The highest BCUT2D eigenvalue weighted by Gasteiger charge is 2.76. The SMILES string of the molecule is CCCC(C)N1CC=C[C@]23O[C@]4(CC)/C=C\CCCOC(=O)[C@@H]4[C@H]2C(=O)N([C@@H](CO)Cc2ccccc2)C3C1=O. The van der Waals surface area contributed by atoms with Crippen molar-refractivity contribution in [3.63, 3.8) is 0 Å². The van der Waals surface area contributed by atoms with E-state index in [0.717, 1.165) is 24.8 Å². The van der Waals surface area contributed by atoms with E-state index in [2.05, 4.69) is 6.92 Å². The van der Waals surface area contributed by atoms with Crippen molar-refractivity contribution < 1.29 is 29.0 Å². The summed E-state index contributed by atoms with van der Waals surface area (Å²) in [5, 5.41) is 10.7. The molecule has 4 aliphatic rings. The van der Waals surface area contributed by atoms with E-state index in [1.165, 1.54) is 0 Å². The molecule has 40 heavy (non-hydrogen) atoms. The van der Waals surface area contributed by atoms with Crippen LogP contribution in [0, 0.1) is 11.8 Å². The molecule has 5 rings (SSSR count). The molecule has 2 amide bonds. The number of ether oxygens (including phenoxy) is 2. The van der Waals surface area contributed by atoms with Crippen molar-refractivity contribution in [1.29, 1.82) is 0 Å². The smallest absolute Gasteiger partial charge is 0.313 e.